The molecular formula is C44H48N2O8. The highest BCUT2D eigenvalue weighted by Crippen LogP contribution is 2.33. The highest BCUT2D eigenvalue weighted by atomic mass is 16.5. The van der Waals surface area contributed by atoms with Crippen molar-refractivity contribution in [3.05, 3.63) is 154 Å². The molecule has 54 heavy (non-hydrogen) atoms. The summed E-state index contributed by atoms with van der Waals surface area (Å²) < 4.78 is 11.9. The quantitative estimate of drug-likeness (QED) is 0.107. The summed E-state index contributed by atoms with van der Waals surface area (Å²) in [5, 5.41) is 50.8. The summed E-state index contributed by atoms with van der Waals surface area (Å²) in [6.07, 6.45) is -1.47. The van der Waals surface area contributed by atoms with E-state index in [9.17, 15) is 30.0 Å². The fraction of sp³-hybridized carbons (Fsp3) is 0.318. The first-order valence-electron chi connectivity index (χ1n) is 18.3. The number of carbonyl (C=O) groups is 2. The molecule has 6 N–H and O–H groups in total. The van der Waals surface area contributed by atoms with E-state index in [1.54, 1.807) is 24.3 Å². The second-order valence-electron chi connectivity index (χ2n) is 14.0. The monoisotopic (exact) mass is 732 g/mol. The first-order valence-corrected chi connectivity index (χ1v) is 18.3. The Morgan fingerprint density at radius 2 is 1.00 bits per heavy atom. The number of nitrogens with one attached hydrogen (secondary N) is 2. The van der Waals surface area contributed by atoms with Crippen molar-refractivity contribution in [2.45, 2.75) is 75.4 Å². The van der Waals surface area contributed by atoms with Crippen LogP contribution in [-0.2, 0) is 31.9 Å². The lowest BCUT2D eigenvalue weighted by Crippen LogP contribution is -2.57. The molecule has 0 aliphatic heterocycles. The van der Waals surface area contributed by atoms with Crippen LogP contribution in [0.1, 0.15) is 56.6 Å². The predicted octanol–water partition coefficient (Wildman–Crippen LogP) is 4.07. The minimum atomic E-state index is -1.95. The molecule has 282 valence electrons. The largest absolute Gasteiger partial charge is 0.390 e. The van der Waals surface area contributed by atoms with Crippen molar-refractivity contribution in [2.24, 2.45) is 0 Å². The molecule has 6 rings (SSSR count). The Labute approximate surface area is 315 Å². The molecule has 0 saturated heterocycles. The van der Waals surface area contributed by atoms with Crippen LogP contribution in [-0.4, -0.2) is 82.1 Å². The Morgan fingerprint density at radius 1 is 0.630 bits per heavy atom. The first-order chi connectivity index (χ1) is 26.1. The van der Waals surface area contributed by atoms with E-state index in [2.05, 4.69) is 10.6 Å². The SMILES string of the molecule is Cc1ccc(/C=C/CO[C@@H](C(=O)N[C@H]2c3ccccc3C[C@H]2O)[C@H](O)[C@@H](O)[C@@H](OC/C=C/c2ccc(C)cc2)C(=O)N[C@H]2c3ccccc3C[C@H]2O)cc1. The summed E-state index contributed by atoms with van der Waals surface area (Å²) in [4.78, 5) is 27.9. The van der Waals surface area contributed by atoms with E-state index < -0.39 is 60.5 Å². The fourth-order valence-electron chi connectivity index (χ4n) is 7.03. The highest BCUT2D eigenvalue weighted by Gasteiger charge is 2.43. The number of aliphatic hydroxyl groups is 4. The Bertz CT molecular complexity index is 1800. The Balaban J connectivity index is 1.23. The van der Waals surface area contributed by atoms with Crippen LogP contribution in [0.3, 0.4) is 0 Å². The zero-order valence-corrected chi connectivity index (χ0v) is 30.4. The van der Waals surface area contributed by atoms with Crippen LogP contribution in [0.4, 0.5) is 0 Å². The first kappa shape index (κ1) is 38.8. The maximum Gasteiger partial charge on any atom is 0.252 e. The van der Waals surface area contributed by atoms with E-state index in [0.29, 0.717) is 12.8 Å². The van der Waals surface area contributed by atoms with E-state index in [4.69, 9.17) is 9.47 Å². The van der Waals surface area contributed by atoms with Crippen molar-refractivity contribution in [1.29, 1.82) is 0 Å². The topological polar surface area (TPSA) is 158 Å². The molecule has 0 unspecified atom stereocenters. The van der Waals surface area contributed by atoms with Crippen LogP contribution in [0.2, 0.25) is 0 Å². The Hall–Kier alpha value is -4.94. The van der Waals surface area contributed by atoms with Crippen molar-refractivity contribution in [1.82, 2.24) is 10.6 Å². The number of carbonyl (C=O) groups excluding carboxylic acids is 2. The van der Waals surface area contributed by atoms with Gasteiger partial charge in [-0.25, -0.2) is 0 Å². The average molecular weight is 733 g/mol. The van der Waals surface area contributed by atoms with Gasteiger partial charge in [0.2, 0.25) is 0 Å². The Morgan fingerprint density at radius 3 is 1.39 bits per heavy atom. The minimum absolute atomic E-state index is 0.123. The minimum Gasteiger partial charge on any atom is -0.390 e. The second kappa shape index (κ2) is 17.9. The molecule has 8 atom stereocenters. The number of ether oxygens (including phenoxy) is 2. The van der Waals surface area contributed by atoms with Crippen LogP contribution < -0.4 is 10.6 Å². The summed E-state index contributed by atoms with van der Waals surface area (Å²) in [6.45, 7) is 3.72. The number of rotatable bonds is 15. The molecule has 0 spiro atoms. The van der Waals surface area contributed by atoms with Gasteiger partial charge in [-0.2, -0.15) is 0 Å². The molecule has 10 nitrogen and oxygen atoms in total. The molecule has 10 heteroatoms. The van der Waals surface area contributed by atoms with Crippen molar-refractivity contribution in [3.63, 3.8) is 0 Å². The van der Waals surface area contributed by atoms with Gasteiger partial charge in [0.15, 0.2) is 12.2 Å². The van der Waals surface area contributed by atoms with Gasteiger partial charge in [0.1, 0.15) is 12.2 Å². The van der Waals surface area contributed by atoms with E-state index >= 15 is 0 Å². The number of benzene rings is 4. The van der Waals surface area contributed by atoms with Gasteiger partial charge < -0.3 is 40.5 Å². The van der Waals surface area contributed by atoms with Gasteiger partial charge in [0, 0.05) is 12.8 Å². The molecule has 0 heterocycles. The van der Waals surface area contributed by atoms with E-state index in [1.807, 2.05) is 111 Å². The number of fused-ring (bicyclic) bond motifs is 2. The fourth-order valence-corrected chi connectivity index (χ4v) is 7.03. The van der Waals surface area contributed by atoms with Crippen molar-refractivity contribution in [3.8, 4) is 0 Å². The Kier molecular flexibility index (Phi) is 12.9. The molecule has 2 aliphatic rings. The summed E-state index contributed by atoms with van der Waals surface area (Å²) in [7, 11) is 0. The summed E-state index contributed by atoms with van der Waals surface area (Å²) in [5.74, 6) is -1.57. The normalized spacial score (nSPS) is 21.4. The smallest absolute Gasteiger partial charge is 0.252 e. The van der Waals surface area contributed by atoms with Crippen LogP contribution in [0, 0.1) is 13.8 Å². The second-order valence-corrected chi connectivity index (χ2v) is 14.0. The molecule has 4 aromatic carbocycles. The van der Waals surface area contributed by atoms with Crippen molar-refractivity contribution in [2.75, 3.05) is 13.2 Å². The van der Waals surface area contributed by atoms with E-state index in [1.165, 1.54) is 0 Å². The molecule has 0 bridgehead atoms. The van der Waals surface area contributed by atoms with Gasteiger partial charge in [0.05, 0.1) is 37.5 Å². The van der Waals surface area contributed by atoms with Crippen molar-refractivity contribution >= 4 is 24.0 Å². The van der Waals surface area contributed by atoms with E-state index in [0.717, 1.165) is 44.5 Å². The third-order valence-corrected chi connectivity index (χ3v) is 10.0. The van der Waals surface area contributed by atoms with Gasteiger partial charge in [-0.3, -0.25) is 9.59 Å². The third-order valence-electron chi connectivity index (χ3n) is 10.0. The molecule has 4 aromatic rings. The molecule has 2 aliphatic carbocycles. The standard InChI is InChI=1S/C44H48N2O8/c1-27-15-19-29(20-16-27)9-7-23-53-41(43(51)45-37-33-13-5-3-11-31(33)25-35(37)47)39(49)40(50)42(54-24-8-10-30-21-17-28(2)18-22-30)44(52)46-38-34-14-6-4-12-32(34)26-36(38)48/h3-22,35-42,47-50H,23-26H2,1-2H3,(H,45,51)(H,46,52)/b9-7+,10-8+/t35-,36-,37+,38+,39-,40-,41-,42-/m1/s1. The maximum absolute atomic E-state index is 14.0. The maximum atomic E-state index is 14.0. The van der Waals surface area contributed by atoms with Gasteiger partial charge >= 0.3 is 0 Å². The summed E-state index contributed by atoms with van der Waals surface area (Å²) in [6, 6.07) is 28.7. The summed E-state index contributed by atoms with van der Waals surface area (Å²) in [5.41, 5.74) is 7.25. The van der Waals surface area contributed by atoms with Gasteiger partial charge in [-0.05, 0) is 47.2 Å². The number of aryl methyl sites for hydroxylation is 2. The number of amides is 2. The number of hydrogen-bond acceptors (Lipinski definition) is 8. The van der Waals surface area contributed by atoms with Crippen LogP contribution >= 0.6 is 0 Å². The summed E-state index contributed by atoms with van der Waals surface area (Å²) >= 11 is 0. The van der Waals surface area contributed by atoms with Gasteiger partial charge in [-0.1, -0.05) is 132 Å². The van der Waals surface area contributed by atoms with Gasteiger partial charge in [-0.15, -0.1) is 0 Å². The molecule has 0 radical (unpaired) electrons. The molecule has 0 fully saturated rings. The van der Waals surface area contributed by atoms with Crippen molar-refractivity contribution < 1.29 is 39.5 Å². The predicted molar refractivity (Wildman–Crippen MR) is 206 cm³/mol. The highest BCUT2D eigenvalue weighted by molar-refractivity contribution is 5.84. The lowest BCUT2D eigenvalue weighted by Gasteiger charge is -2.32. The average Bonchev–Trinajstić information content (AvgIpc) is 3.66. The molecule has 0 aromatic heterocycles. The molecule has 0 saturated carbocycles. The lowest BCUT2D eigenvalue weighted by molar-refractivity contribution is -0.166. The van der Waals surface area contributed by atoms with Crippen LogP contribution in [0.5, 0.6) is 0 Å². The molecule has 2 amide bonds. The zero-order valence-electron chi connectivity index (χ0n) is 30.4. The number of aliphatic hydroxyl groups excluding tert-OH is 4. The third kappa shape index (κ3) is 9.40. The molecular weight excluding hydrogens is 684 g/mol. The van der Waals surface area contributed by atoms with Crippen LogP contribution in [0.15, 0.2) is 109 Å². The van der Waals surface area contributed by atoms with Crippen LogP contribution in [0.25, 0.3) is 12.2 Å². The van der Waals surface area contributed by atoms with E-state index in [-0.39, 0.29) is 13.2 Å². The lowest BCUT2D eigenvalue weighted by atomic mass is 9.99. The van der Waals surface area contributed by atoms with Gasteiger partial charge in [0.25, 0.3) is 11.8 Å². The zero-order chi connectivity index (χ0) is 38.2. The number of hydrogen-bond donors (Lipinski definition) is 6.